The standard InChI is InChI=1S/C23H21N5O4/c1-27-11-16-4-3-14(9-19(16)26-27)7-8-23(21(30)24-22(31)25-23)13-28-12-15-5-6-17(32-2)10-18(15)20(28)29/h3-6,9-10,16H,11-13H2,1-2H3,(H2,24,25,30,31)/t16?,23-/m1/s1. The summed E-state index contributed by atoms with van der Waals surface area (Å²) < 4.78 is 5.21. The van der Waals surface area contributed by atoms with E-state index < -0.39 is 17.5 Å². The van der Waals surface area contributed by atoms with Crippen LogP contribution in [-0.2, 0) is 11.3 Å². The largest absolute Gasteiger partial charge is 0.497 e. The number of hydrogen-bond donors (Lipinski definition) is 2. The molecule has 1 aromatic carbocycles. The van der Waals surface area contributed by atoms with Gasteiger partial charge in [0, 0.05) is 37.2 Å². The van der Waals surface area contributed by atoms with Gasteiger partial charge in [-0.3, -0.25) is 19.9 Å². The van der Waals surface area contributed by atoms with E-state index in [1.165, 1.54) is 12.0 Å². The highest BCUT2D eigenvalue weighted by atomic mass is 16.5. The number of carbonyl (C=O) groups excluding carboxylic acids is 3. The van der Waals surface area contributed by atoms with Crippen LogP contribution in [0.25, 0.3) is 0 Å². The lowest BCUT2D eigenvalue weighted by Crippen LogP contribution is -2.54. The highest BCUT2D eigenvalue weighted by Crippen LogP contribution is 2.28. The molecule has 5 rings (SSSR count). The van der Waals surface area contributed by atoms with Crippen molar-refractivity contribution < 1.29 is 19.1 Å². The van der Waals surface area contributed by atoms with Gasteiger partial charge >= 0.3 is 6.03 Å². The highest BCUT2D eigenvalue weighted by Gasteiger charge is 2.48. The number of imide groups is 1. The van der Waals surface area contributed by atoms with Crippen molar-refractivity contribution in [2.45, 2.75) is 12.1 Å². The molecule has 0 saturated carbocycles. The van der Waals surface area contributed by atoms with Crippen LogP contribution in [0, 0.1) is 17.8 Å². The van der Waals surface area contributed by atoms with E-state index in [4.69, 9.17) is 4.74 Å². The molecule has 32 heavy (non-hydrogen) atoms. The molecule has 9 heteroatoms. The van der Waals surface area contributed by atoms with Gasteiger partial charge in [-0.15, -0.1) is 0 Å². The van der Waals surface area contributed by atoms with Gasteiger partial charge in [-0.25, -0.2) is 4.79 Å². The van der Waals surface area contributed by atoms with Crippen molar-refractivity contribution in [3.8, 4) is 17.6 Å². The molecule has 2 N–H and O–H groups in total. The summed E-state index contributed by atoms with van der Waals surface area (Å²) in [6.45, 7) is 1.06. The van der Waals surface area contributed by atoms with E-state index in [-0.39, 0.29) is 18.4 Å². The molecule has 0 radical (unpaired) electrons. The van der Waals surface area contributed by atoms with Gasteiger partial charge in [-0.05, 0) is 29.8 Å². The number of fused-ring (bicyclic) bond motifs is 2. The molecule has 162 valence electrons. The number of ether oxygens (including phenoxy) is 1. The number of carbonyl (C=O) groups is 3. The number of methoxy groups -OCH3 is 1. The lowest BCUT2D eigenvalue weighted by atomic mass is 9.94. The number of benzene rings is 1. The minimum absolute atomic E-state index is 0.0727. The number of allylic oxidation sites excluding steroid dienone is 3. The predicted octanol–water partition coefficient (Wildman–Crippen LogP) is 0.646. The fourth-order valence-electron chi connectivity index (χ4n) is 4.28. The molecular weight excluding hydrogens is 410 g/mol. The van der Waals surface area contributed by atoms with E-state index in [0.29, 0.717) is 23.4 Å². The maximum Gasteiger partial charge on any atom is 0.323 e. The number of nitrogens with one attached hydrogen (secondary N) is 2. The number of rotatable bonds is 3. The van der Waals surface area contributed by atoms with Crippen LogP contribution in [0.15, 0.2) is 47.1 Å². The van der Waals surface area contributed by atoms with Gasteiger partial charge in [0.2, 0.25) is 5.54 Å². The Hall–Kier alpha value is -4.06. The second kappa shape index (κ2) is 7.27. The summed E-state index contributed by atoms with van der Waals surface area (Å²) in [6.07, 6.45) is 5.80. The number of hydrazone groups is 1. The average molecular weight is 431 g/mol. The first-order valence-electron chi connectivity index (χ1n) is 10.2. The Kier molecular flexibility index (Phi) is 4.51. The fourth-order valence-corrected chi connectivity index (χ4v) is 4.28. The maximum absolute atomic E-state index is 13.0. The fraction of sp³-hybridized carbons (Fsp3) is 0.304. The van der Waals surface area contributed by atoms with E-state index in [0.717, 1.165) is 17.8 Å². The summed E-state index contributed by atoms with van der Waals surface area (Å²) in [5.41, 5.74) is 1.40. The smallest absolute Gasteiger partial charge is 0.323 e. The zero-order valence-corrected chi connectivity index (χ0v) is 17.6. The molecule has 1 unspecified atom stereocenters. The Balaban J connectivity index is 1.43. The quantitative estimate of drug-likeness (QED) is 0.540. The first kappa shape index (κ1) is 19.9. The van der Waals surface area contributed by atoms with Gasteiger partial charge in [0.15, 0.2) is 0 Å². The molecule has 4 aliphatic rings. The zero-order chi connectivity index (χ0) is 22.5. The van der Waals surface area contributed by atoms with Crippen LogP contribution in [0.3, 0.4) is 0 Å². The van der Waals surface area contributed by atoms with Crippen LogP contribution in [0.4, 0.5) is 4.79 Å². The van der Waals surface area contributed by atoms with E-state index in [1.807, 2.05) is 36.4 Å². The van der Waals surface area contributed by atoms with Crippen molar-refractivity contribution in [2.24, 2.45) is 11.0 Å². The van der Waals surface area contributed by atoms with Crippen LogP contribution in [-0.4, -0.2) is 66.3 Å². The van der Waals surface area contributed by atoms with Gasteiger partial charge in [0.25, 0.3) is 11.8 Å². The van der Waals surface area contributed by atoms with Gasteiger partial charge < -0.3 is 15.0 Å². The van der Waals surface area contributed by atoms with E-state index in [9.17, 15) is 14.4 Å². The van der Waals surface area contributed by atoms with E-state index >= 15 is 0 Å². The molecule has 1 fully saturated rings. The third kappa shape index (κ3) is 3.30. The van der Waals surface area contributed by atoms with Crippen molar-refractivity contribution in [1.29, 1.82) is 0 Å². The summed E-state index contributed by atoms with van der Waals surface area (Å²) in [6, 6.07) is 4.65. The van der Waals surface area contributed by atoms with Gasteiger partial charge in [-0.1, -0.05) is 24.0 Å². The number of amides is 4. The van der Waals surface area contributed by atoms with E-state index in [2.05, 4.69) is 27.6 Å². The topological polar surface area (TPSA) is 103 Å². The minimum atomic E-state index is -1.54. The average Bonchev–Trinajstić information content (AvgIpc) is 3.38. The summed E-state index contributed by atoms with van der Waals surface area (Å²) in [5, 5.41) is 11.2. The SMILES string of the molecule is COc1ccc2c(c1)C(=O)N(C[C@@]1(C#CC3=CC4=NN(C)CC4C=C3)NC(=O)NC1=O)C2. The monoisotopic (exact) mass is 431 g/mol. The third-order valence-corrected chi connectivity index (χ3v) is 5.92. The van der Waals surface area contributed by atoms with Crippen molar-refractivity contribution in [1.82, 2.24) is 20.5 Å². The van der Waals surface area contributed by atoms with Crippen LogP contribution in [0.1, 0.15) is 15.9 Å². The summed E-state index contributed by atoms with van der Waals surface area (Å²) in [5.74, 6) is 5.93. The summed E-state index contributed by atoms with van der Waals surface area (Å²) >= 11 is 0. The van der Waals surface area contributed by atoms with Gasteiger partial charge in [-0.2, -0.15) is 5.10 Å². The molecule has 0 spiro atoms. The number of nitrogens with zero attached hydrogens (tertiary/aromatic N) is 3. The van der Waals surface area contributed by atoms with Crippen LogP contribution >= 0.6 is 0 Å². The second-order valence-electron chi connectivity index (χ2n) is 8.18. The molecule has 0 bridgehead atoms. The molecule has 9 nitrogen and oxygen atoms in total. The third-order valence-electron chi connectivity index (χ3n) is 5.92. The summed E-state index contributed by atoms with van der Waals surface area (Å²) in [7, 11) is 3.44. The lowest BCUT2D eigenvalue weighted by Gasteiger charge is -2.26. The van der Waals surface area contributed by atoms with Crippen LogP contribution in [0.2, 0.25) is 0 Å². The first-order chi connectivity index (χ1) is 15.4. The molecule has 4 amide bonds. The Labute approximate surface area is 184 Å². The van der Waals surface area contributed by atoms with Crippen LogP contribution in [0.5, 0.6) is 5.75 Å². The zero-order valence-electron chi connectivity index (χ0n) is 17.6. The molecule has 1 aromatic rings. The molecule has 1 aliphatic carbocycles. The van der Waals surface area contributed by atoms with Gasteiger partial charge in [0.05, 0.1) is 19.4 Å². The van der Waals surface area contributed by atoms with Crippen molar-refractivity contribution in [2.75, 3.05) is 27.2 Å². The van der Waals surface area contributed by atoms with Crippen molar-refractivity contribution in [3.63, 3.8) is 0 Å². The molecular formula is C23H21N5O4. The first-order valence-corrected chi connectivity index (χ1v) is 10.2. The molecule has 3 heterocycles. The predicted molar refractivity (Wildman–Crippen MR) is 116 cm³/mol. The Bertz CT molecular complexity index is 1200. The highest BCUT2D eigenvalue weighted by molar-refractivity contribution is 6.10. The number of urea groups is 1. The molecule has 2 atom stereocenters. The van der Waals surface area contributed by atoms with E-state index in [1.54, 1.807) is 12.1 Å². The Morgan fingerprint density at radius 1 is 1.31 bits per heavy atom. The maximum atomic E-state index is 13.0. The van der Waals surface area contributed by atoms with Gasteiger partial charge in [0.1, 0.15) is 5.75 Å². The summed E-state index contributed by atoms with van der Waals surface area (Å²) in [4.78, 5) is 39.2. The minimum Gasteiger partial charge on any atom is -0.497 e. The molecule has 0 aromatic heterocycles. The number of hydrogen-bond acceptors (Lipinski definition) is 6. The lowest BCUT2D eigenvalue weighted by molar-refractivity contribution is -0.122. The van der Waals surface area contributed by atoms with Crippen molar-refractivity contribution in [3.05, 3.63) is 53.1 Å². The van der Waals surface area contributed by atoms with Crippen LogP contribution < -0.4 is 15.4 Å². The normalized spacial score (nSPS) is 25.4. The van der Waals surface area contributed by atoms with Crippen molar-refractivity contribution >= 4 is 23.6 Å². The Morgan fingerprint density at radius 3 is 2.91 bits per heavy atom. The molecule has 1 saturated heterocycles. The molecule has 3 aliphatic heterocycles. The second-order valence-corrected chi connectivity index (χ2v) is 8.18. The Morgan fingerprint density at radius 2 is 2.16 bits per heavy atom.